The largest absolute Gasteiger partial charge is 0.504 e. The van der Waals surface area contributed by atoms with Gasteiger partial charge < -0.3 is 5.11 Å². The first kappa shape index (κ1) is 9.00. The van der Waals surface area contributed by atoms with Crippen LogP contribution >= 0.6 is 0 Å². The Morgan fingerprint density at radius 1 is 1.14 bits per heavy atom. The zero-order valence-corrected chi connectivity index (χ0v) is 7.86. The molecule has 0 atom stereocenters. The second-order valence-electron chi connectivity index (χ2n) is 3.54. The molecule has 2 nitrogen and oxygen atoms in total. The standard InChI is InChI=1S/C12H12O2/c13-11-7-6-10(12(11)14)8-9-4-2-1-3-5-9/h1-5,14H,6-8H2/i13+2. The fourth-order valence-corrected chi connectivity index (χ4v) is 1.71. The summed E-state index contributed by atoms with van der Waals surface area (Å²) in [6.07, 6.45) is 1.87. The van der Waals surface area contributed by atoms with Crippen LogP contribution in [0.25, 0.3) is 0 Å². The lowest BCUT2D eigenvalue weighted by atomic mass is 10.0. The first-order valence-electron chi connectivity index (χ1n) is 4.75. The molecule has 0 amide bonds. The van der Waals surface area contributed by atoms with Crippen molar-refractivity contribution in [3.05, 3.63) is 47.2 Å². The average molecular weight is 190 g/mol. The van der Waals surface area contributed by atoms with Crippen LogP contribution in [0.15, 0.2) is 41.7 Å². The molecule has 1 aromatic carbocycles. The molecule has 0 unspecified atom stereocenters. The lowest BCUT2D eigenvalue weighted by Gasteiger charge is -2.01. The van der Waals surface area contributed by atoms with Crippen LogP contribution in [0.1, 0.15) is 18.4 Å². The zero-order valence-electron chi connectivity index (χ0n) is 7.86. The Morgan fingerprint density at radius 2 is 1.86 bits per heavy atom. The summed E-state index contributed by atoms with van der Waals surface area (Å²) in [6.45, 7) is 0. The highest BCUT2D eigenvalue weighted by molar-refractivity contribution is 5.96. The number of benzene rings is 1. The van der Waals surface area contributed by atoms with Crippen LogP contribution in [0.2, 0.25) is 0 Å². The van der Waals surface area contributed by atoms with E-state index in [0.717, 1.165) is 11.1 Å². The molecule has 0 fully saturated rings. The molecule has 0 saturated heterocycles. The normalized spacial score (nSPS) is 16.4. The predicted molar refractivity (Wildman–Crippen MR) is 54.0 cm³/mol. The van der Waals surface area contributed by atoms with Crippen LogP contribution in [0.4, 0.5) is 0 Å². The highest BCUT2D eigenvalue weighted by Gasteiger charge is 2.21. The van der Waals surface area contributed by atoms with Gasteiger partial charge in [0.2, 0.25) is 0 Å². The number of ketones is 1. The van der Waals surface area contributed by atoms with Gasteiger partial charge in [0.05, 0.1) is 0 Å². The van der Waals surface area contributed by atoms with Gasteiger partial charge in [-0.15, -0.1) is 0 Å². The van der Waals surface area contributed by atoms with E-state index in [1.807, 2.05) is 30.3 Å². The van der Waals surface area contributed by atoms with Crippen molar-refractivity contribution in [1.29, 1.82) is 0 Å². The fraction of sp³-hybridized carbons (Fsp3) is 0.250. The van der Waals surface area contributed by atoms with Gasteiger partial charge in [-0.25, -0.2) is 0 Å². The lowest BCUT2D eigenvalue weighted by Crippen LogP contribution is -1.95. The van der Waals surface area contributed by atoms with Crippen molar-refractivity contribution >= 4 is 5.78 Å². The van der Waals surface area contributed by atoms with Crippen LogP contribution in [0.5, 0.6) is 0 Å². The quantitative estimate of drug-likeness (QED) is 0.727. The second kappa shape index (κ2) is 3.66. The molecule has 0 radical (unpaired) electrons. The van der Waals surface area contributed by atoms with Gasteiger partial charge in [0, 0.05) is 6.42 Å². The molecule has 0 bridgehead atoms. The van der Waals surface area contributed by atoms with Crippen LogP contribution in [-0.4, -0.2) is 10.9 Å². The Hall–Kier alpha value is -1.57. The van der Waals surface area contributed by atoms with Gasteiger partial charge in [-0.1, -0.05) is 30.3 Å². The minimum Gasteiger partial charge on any atom is -0.504 e. The zero-order chi connectivity index (χ0) is 9.97. The van der Waals surface area contributed by atoms with Gasteiger partial charge in [-0.2, -0.15) is 0 Å². The maximum Gasteiger partial charge on any atom is 0.197 e. The maximum absolute atomic E-state index is 11.1. The van der Waals surface area contributed by atoms with Crippen molar-refractivity contribution in [3.63, 3.8) is 0 Å². The molecule has 14 heavy (non-hydrogen) atoms. The maximum atomic E-state index is 11.1. The van der Waals surface area contributed by atoms with Crippen molar-refractivity contribution in [3.8, 4) is 0 Å². The molecule has 0 aromatic heterocycles. The lowest BCUT2D eigenvalue weighted by molar-refractivity contribution is -0.117. The van der Waals surface area contributed by atoms with Crippen molar-refractivity contribution in [2.75, 3.05) is 0 Å². The van der Waals surface area contributed by atoms with Gasteiger partial charge in [-0.05, 0) is 24.0 Å². The first-order valence-corrected chi connectivity index (χ1v) is 4.75. The van der Waals surface area contributed by atoms with E-state index in [9.17, 15) is 9.90 Å². The molecule has 0 spiro atoms. The number of carbonyl (C=O) groups is 1. The average Bonchev–Trinajstić information content (AvgIpc) is 2.52. The van der Waals surface area contributed by atoms with E-state index in [1.54, 1.807) is 0 Å². The molecule has 1 aromatic rings. The molecule has 2 rings (SSSR count). The molecule has 2 heteroatoms. The minimum atomic E-state index is -0.115. The Bertz CT molecular complexity index is 377. The topological polar surface area (TPSA) is 37.3 Å². The molecule has 0 heterocycles. The Kier molecular flexibility index (Phi) is 2.35. The van der Waals surface area contributed by atoms with Crippen molar-refractivity contribution < 1.29 is 9.90 Å². The monoisotopic (exact) mass is 190 g/mol. The van der Waals surface area contributed by atoms with Gasteiger partial charge in [-0.3, -0.25) is 4.79 Å². The van der Waals surface area contributed by atoms with Crippen LogP contribution in [-0.2, 0) is 11.2 Å². The van der Waals surface area contributed by atoms with Crippen molar-refractivity contribution in [2.24, 2.45) is 0 Å². The Balaban J connectivity index is 2.17. The molecular formula is C12H12O2. The molecule has 0 aliphatic heterocycles. The van der Waals surface area contributed by atoms with Crippen molar-refractivity contribution in [1.82, 2.24) is 0 Å². The number of carbonyl (C=O) groups excluding carboxylic acids is 1. The number of aliphatic hydroxyl groups is 1. The highest BCUT2D eigenvalue weighted by atomic mass is 18.1. The third-order valence-corrected chi connectivity index (χ3v) is 2.51. The number of allylic oxidation sites excluding steroid dienone is 2. The fourth-order valence-electron chi connectivity index (χ4n) is 1.71. The highest BCUT2D eigenvalue weighted by Crippen LogP contribution is 2.24. The molecule has 72 valence electrons. The minimum absolute atomic E-state index is 0.00569. The first-order chi connectivity index (χ1) is 6.77. The summed E-state index contributed by atoms with van der Waals surface area (Å²) in [7, 11) is 0. The third kappa shape index (κ3) is 1.69. The summed E-state index contributed by atoms with van der Waals surface area (Å²) < 4.78 is 0. The predicted octanol–water partition coefficient (Wildman–Crippen LogP) is 2.40. The van der Waals surface area contributed by atoms with E-state index in [2.05, 4.69) is 0 Å². The van der Waals surface area contributed by atoms with E-state index < -0.39 is 0 Å². The summed E-state index contributed by atoms with van der Waals surface area (Å²) in [5, 5.41) is 9.45. The Labute approximate surface area is 82.9 Å². The number of hydrogen-bond acceptors (Lipinski definition) is 2. The molecule has 1 aliphatic rings. The van der Waals surface area contributed by atoms with E-state index in [0.29, 0.717) is 19.3 Å². The molecule has 1 N–H and O–H groups in total. The molecular weight excluding hydrogens is 178 g/mol. The molecule has 0 saturated carbocycles. The second-order valence-corrected chi connectivity index (χ2v) is 3.54. The van der Waals surface area contributed by atoms with Crippen LogP contribution in [0, 0.1) is 0 Å². The Morgan fingerprint density at radius 3 is 2.43 bits per heavy atom. The van der Waals surface area contributed by atoms with Crippen molar-refractivity contribution in [2.45, 2.75) is 19.3 Å². The van der Waals surface area contributed by atoms with Gasteiger partial charge in [0.15, 0.2) is 11.5 Å². The van der Waals surface area contributed by atoms with E-state index in [-0.39, 0.29) is 11.5 Å². The summed E-state index contributed by atoms with van der Waals surface area (Å²) in [5.74, 6) is -0.121. The SMILES string of the molecule is OC1=C(Cc2ccccc2)CCC1=[18O]. The third-order valence-electron chi connectivity index (χ3n) is 2.51. The number of aliphatic hydroxyl groups excluding tert-OH is 1. The number of rotatable bonds is 2. The number of hydrogen-bond donors (Lipinski definition) is 1. The van der Waals surface area contributed by atoms with Gasteiger partial charge >= 0.3 is 0 Å². The van der Waals surface area contributed by atoms with Crippen LogP contribution in [0.3, 0.4) is 0 Å². The van der Waals surface area contributed by atoms with Gasteiger partial charge in [0.25, 0.3) is 0 Å². The smallest absolute Gasteiger partial charge is 0.197 e. The summed E-state index contributed by atoms with van der Waals surface area (Å²) in [6, 6.07) is 9.89. The summed E-state index contributed by atoms with van der Waals surface area (Å²) in [4.78, 5) is 11.1. The van der Waals surface area contributed by atoms with Crippen LogP contribution < -0.4 is 0 Å². The van der Waals surface area contributed by atoms with Gasteiger partial charge in [0.1, 0.15) is 0 Å². The number of Topliss-reactive ketones (excluding diaryl/α,β-unsaturated/α-hetero) is 1. The summed E-state index contributed by atoms with van der Waals surface area (Å²) in [5.41, 5.74) is 2.02. The van der Waals surface area contributed by atoms with E-state index >= 15 is 0 Å². The van der Waals surface area contributed by atoms with E-state index in [1.165, 1.54) is 0 Å². The summed E-state index contributed by atoms with van der Waals surface area (Å²) >= 11 is 0. The molecule has 1 aliphatic carbocycles. The van der Waals surface area contributed by atoms with E-state index in [4.69, 9.17) is 0 Å².